The van der Waals surface area contributed by atoms with E-state index in [1.807, 2.05) is 24.1 Å². The standard InChI is InChI=1S/C14H14ClN5O2/c1-20(6-9-5-13(21)19-14(22)16-9)7-12-17-10-3-2-8(15)4-11(10)18-12/h2-5H,6-7H2,1H3,(H,17,18)(H2,16,19,21,22). The molecular formula is C14H14ClN5O2. The van der Waals surface area contributed by atoms with Gasteiger partial charge in [0.2, 0.25) is 0 Å². The van der Waals surface area contributed by atoms with Crippen LogP contribution in [0, 0.1) is 0 Å². The molecule has 0 amide bonds. The van der Waals surface area contributed by atoms with Crippen molar-refractivity contribution in [2.24, 2.45) is 0 Å². The lowest BCUT2D eigenvalue weighted by molar-refractivity contribution is 0.307. The summed E-state index contributed by atoms with van der Waals surface area (Å²) in [5.74, 6) is 0.784. The van der Waals surface area contributed by atoms with Gasteiger partial charge in [-0.05, 0) is 25.2 Å². The third kappa shape index (κ3) is 3.26. The highest BCUT2D eigenvalue weighted by molar-refractivity contribution is 6.31. The highest BCUT2D eigenvalue weighted by atomic mass is 35.5. The number of aromatic nitrogens is 4. The van der Waals surface area contributed by atoms with Gasteiger partial charge in [-0.2, -0.15) is 0 Å². The number of nitrogens with zero attached hydrogens (tertiary/aromatic N) is 2. The summed E-state index contributed by atoms with van der Waals surface area (Å²) in [6.07, 6.45) is 0. The molecule has 1 aromatic carbocycles. The molecule has 3 N–H and O–H groups in total. The molecule has 0 saturated carbocycles. The molecule has 7 nitrogen and oxygen atoms in total. The van der Waals surface area contributed by atoms with Crippen molar-refractivity contribution in [3.63, 3.8) is 0 Å². The van der Waals surface area contributed by atoms with Gasteiger partial charge in [0.15, 0.2) is 0 Å². The van der Waals surface area contributed by atoms with E-state index < -0.39 is 11.2 Å². The molecule has 0 fully saturated rings. The summed E-state index contributed by atoms with van der Waals surface area (Å²) in [5.41, 5.74) is 1.35. The zero-order valence-corrected chi connectivity index (χ0v) is 12.6. The smallest absolute Gasteiger partial charge is 0.325 e. The Bertz CT molecular complexity index is 898. The van der Waals surface area contributed by atoms with Crippen LogP contribution in [0.2, 0.25) is 5.02 Å². The molecule has 3 rings (SSSR count). The number of hydrogen-bond acceptors (Lipinski definition) is 4. The van der Waals surface area contributed by atoms with Crippen molar-refractivity contribution >= 4 is 22.6 Å². The Morgan fingerprint density at radius 3 is 2.73 bits per heavy atom. The van der Waals surface area contributed by atoms with Gasteiger partial charge < -0.3 is 9.97 Å². The van der Waals surface area contributed by atoms with Gasteiger partial charge in [-0.15, -0.1) is 0 Å². The molecule has 22 heavy (non-hydrogen) atoms. The van der Waals surface area contributed by atoms with Crippen LogP contribution in [-0.2, 0) is 13.1 Å². The highest BCUT2D eigenvalue weighted by Crippen LogP contribution is 2.17. The Morgan fingerprint density at radius 2 is 1.95 bits per heavy atom. The second-order valence-corrected chi connectivity index (χ2v) is 5.57. The zero-order valence-electron chi connectivity index (χ0n) is 11.8. The van der Waals surface area contributed by atoms with E-state index in [1.54, 1.807) is 6.07 Å². The van der Waals surface area contributed by atoms with Crippen LogP contribution in [0.3, 0.4) is 0 Å². The van der Waals surface area contributed by atoms with Crippen molar-refractivity contribution < 1.29 is 0 Å². The Kier molecular flexibility index (Phi) is 3.82. The molecule has 0 spiro atoms. The van der Waals surface area contributed by atoms with Gasteiger partial charge in [0.1, 0.15) is 5.82 Å². The predicted molar refractivity (Wildman–Crippen MR) is 84.0 cm³/mol. The number of H-pyrrole nitrogens is 3. The second-order valence-electron chi connectivity index (χ2n) is 5.13. The molecule has 114 valence electrons. The Labute approximate surface area is 130 Å². The minimum Gasteiger partial charge on any atom is -0.341 e. The summed E-state index contributed by atoms with van der Waals surface area (Å²) >= 11 is 5.95. The molecule has 0 aliphatic heterocycles. The second kappa shape index (κ2) is 5.78. The van der Waals surface area contributed by atoms with Crippen LogP contribution in [-0.4, -0.2) is 31.9 Å². The summed E-state index contributed by atoms with van der Waals surface area (Å²) in [6.45, 7) is 0.970. The average Bonchev–Trinajstić information content (AvgIpc) is 2.78. The van der Waals surface area contributed by atoms with Gasteiger partial charge in [0.05, 0.1) is 17.6 Å². The Morgan fingerprint density at radius 1 is 1.14 bits per heavy atom. The topological polar surface area (TPSA) is 97.6 Å². The Hall–Kier alpha value is -2.38. The third-order valence-electron chi connectivity index (χ3n) is 3.17. The van der Waals surface area contributed by atoms with E-state index in [2.05, 4.69) is 19.9 Å². The van der Waals surface area contributed by atoms with Gasteiger partial charge in [-0.3, -0.25) is 14.7 Å². The average molecular weight is 320 g/mol. The number of hydrogen-bond donors (Lipinski definition) is 3. The normalized spacial score (nSPS) is 11.4. The minimum atomic E-state index is -0.505. The summed E-state index contributed by atoms with van der Waals surface area (Å²) < 4.78 is 0. The number of benzene rings is 1. The van der Waals surface area contributed by atoms with Crippen LogP contribution < -0.4 is 11.2 Å². The molecule has 0 radical (unpaired) electrons. The maximum absolute atomic E-state index is 11.3. The van der Waals surface area contributed by atoms with Gasteiger partial charge >= 0.3 is 5.69 Å². The van der Waals surface area contributed by atoms with E-state index in [1.165, 1.54) is 6.07 Å². The molecule has 2 aromatic heterocycles. The largest absolute Gasteiger partial charge is 0.341 e. The van der Waals surface area contributed by atoms with E-state index in [-0.39, 0.29) is 0 Å². The first-order valence-corrected chi connectivity index (χ1v) is 7.02. The van der Waals surface area contributed by atoms with Crippen LogP contribution in [0.5, 0.6) is 0 Å². The van der Waals surface area contributed by atoms with Gasteiger partial charge in [0.25, 0.3) is 5.56 Å². The van der Waals surface area contributed by atoms with Crippen molar-refractivity contribution in [1.82, 2.24) is 24.8 Å². The van der Waals surface area contributed by atoms with Crippen LogP contribution in [0.4, 0.5) is 0 Å². The molecule has 2 heterocycles. The van der Waals surface area contributed by atoms with Crippen LogP contribution in [0.25, 0.3) is 11.0 Å². The first-order valence-electron chi connectivity index (χ1n) is 6.65. The fourth-order valence-corrected chi connectivity index (χ4v) is 2.49. The van der Waals surface area contributed by atoms with Gasteiger partial charge in [-0.25, -0.2) is 9.78 Å². The first kappa shape index (κ1) is 14.6. The maximum atomic E-state index is 11.3. The minimum absolute atomic E-state index is 0.412. The monoisotopic (exact) mass is 319 g/mol. The summed E-state index contributed by atoms with van der Waals surface area (Å²) in [7, 11) is 1.87. The van der Waals surface area contributed by atoms with Crippen LogP contribution in [0.1, 0.15) is 11.5 Å². The predicted octanol–water partition coefficient (Wildman–Crippen LogP) is 1.22. The molecule has 0 aliphatic carbocycles. The molecule has 8 heteroatoms. The lowest BCUT2D eigenvalue weighted by Crippen LogP contribution is -2.26. The van der Waals surface area contributed by atoms with E-state index in [0.717, 1.165) is 16.9 Å². The Balaban J connectivity index is 1.76. The van der Waals surface area contributed by atoms with Gasteiger partial charge in [0, 0.05) is 23.3 Å². The number of aromatic amines is 3. The lowest BCUT2D eigenvalue weighted by Gasteiger charge is -2.14. The number of nitrogens with one attached hydrogen (secondary N) is 3. The molecular weight excluding hydrogens is 306 g/mol. The quantitative estimate of drug-likeness (QED) is 0.673. The van der Waals surface area contributed by atoms with Crippen molar-refractivity contribution in [2.45, 2.75) is 13.1 Å². The van der Waals surface area contributed by atoms with E-state index >= 15 is 0 Å². The zero-order chi connectivity index (χ0) is 15.7. The maximum Gasteiger partial charge on any atom is 0.325 e. The number of fused-ring (bicyclic) bond motifs is 1. The van der Waals surface area contributed by atoms with Crippen molar-refractivity contribution in [1.29, 1.82) is 0 Å². The molecule has 3 aromatic rings. The van der Waals surface area contributed by atoms with E-state index in [0.29, 0.717) is 23.8 Å². The summed E-state index contributed by atoms with van der Waals surface area (Å²) in [5, 5.41) is 0.650. The van der Waals surface area contributed by atoms with Crippen LogP contribution >= 0.6 is 11.6 Å². The third-order valence-corrected chi connectivity index (χ3v) is 3.40. The van der Waals surface area contributed by atoms with E-state index in [9.17, 15) is 9.59 Å². The van der Waals surface area contributed by atoms with E-state index in [4.69, 9.17) is 11.6 Å². The highest BCUT2D eigenvalue weighted by Gasteiger charge is 2.08. The SMILES string of the molecule is CN(Cc1cc(=O)[nH]c(=O)[nH]1)Cc1nc2ccc(Cl)cc2[nH]1. The molecule has 0 aliphatic rings. The first-order chi connectivity index (χ1) is 10.5. The molecule has 0 saturated heterocycles. The molecule has 0 unspecified atom stereocenters. The van der Waals surface area contributed by atoms with Crippen molar-refractivity contribution in [3.8, 4) is 0 Å². The lowest BCUT2D eigenvalue weighted by atomic mass is 10.3. The molecule has 0 bridgehead atoms. The van der Waals surface area contributed by atoms with Gasteiger partial charge in [-0.1, -0.05) is 11.6 Å². The number of rotatable bonds is 4. The molecule has 0 atom stereocenters. The van der Waals surface area contributed by atoms with Crippen LogP contribution in [0.15, 0.2) is 33.9 Å². The van der Waals surface area contributed by atoms with Crippen molar-refractivity contribution in [3.05, 3.63) is 61.6 Å². The number of halogens is 1. The summed E-state index contributed by atoms with van der Waals surface area (Å²) in [4.78, 5) is 36.9. The number of imidazole rings is 1. The van der Waals surface area contributed by atoms with Crippen molar-refractivity contribution in [2.75, 3.05) is 7.05 Å². The summed E-state index contributed by atoms with van der Waals surface area (Å²) in [6, 6.07) is 6.84. The fraction of sp³-hybridized carbons (Fsp3) is 0.214. The fourth-order valence-electron chi connectivity index (χ4n) is 2.32.